The van der Waals surface area contributed by atoms with Gasteiger partial charge in [0, 0.05) is 25.2 Å². The van der Waals surface area contributed by atoms with Crippen LogP contribution in [0.15, 0.2) is 23.3 Å². The second-order valence-corrected chi connectivity index (χ2v) is 12.5. The van der Waals surface area contributed by atoms with Gasteiger partial charge in [-0.25, -0.2) is 0 Å². The molecule has 0 saturated heterocycles. The van der Waals surface area contributed by atoms with Gasteiger partial charge < -0.3 is 24.1 Å². The number of ether oxygens (including phenoxy) is 4. The van der Waals surface area contributed by atoms with E-state index in [1.54, 1.807) is 0 Å². The Morgan fingerprint density at radius 3 is 2.27 bits per heavy atom. The molecule has 1 fully saturated rings. The molecule has 40 heavy (non-hydrogen) atoms. The van der Waals surface area contributed by atoms with Crippen molar-refractivity contribution in [3.05, 3.63) is 23.3 Å². The summed E-state index contributed by atoms with van der Waals surface area (Å²) in [6.45, 7) is 12.3. The zero-order valence-electron chi connectivity index (χ0n) is 25.5. The Morgan fingerprint density at radius 1 is 1.02 bits per heavy atom. The average molecular weight is 565 g/mol. The van der Waals surface area contributed by atoms with Crippen LogP contribution in [0.3, 0.4) is 0 Å². The minimum Gasteiger partial charge on any atom is -0.469 e. The fraction of sp³-hybridized carbons (Fsp3) is 0.742. The molecule has 2 aliphatic carbocycles. The summed E-state index contributed by atoms with van der Waals surface area (Å²) in [5, 5.41) is 10.4. The van der Waals surface area contributed by atoms with Crippen LogP contribution in [0.2, 0.25) is 0 Å². The lowest BCUT2D eigenvalue weighted by molar-refractivity contribution is -0.163. The molecule has 0 aromatic heterocycles. The standard InChI is InChI=1S/C31H48O9/c1-20-10-9-11-23(19-38-28(35)18-30(6,36)17-27(34)37-8)16-26(39-21(2)32)31(7)15-14-24(25(31)13-12-20)29(4,5)40-22(3)33/h10,16,24-26,36H,9,11-15,17-19H2,1-8H3/b20-10+,23-16-/t24?,25-,26-,30?,31-/m0/s1. The molecule has 0 bridgehead atoms. The topological polar surface area (TPSA) is 125 Å². The van der Waals surface area contributed by atoms with Gasteiger partial charge in [-0.3, -0.25) is 19.2 Å². The van der Waals surface area contributed by atoms with Gasteiger partial charge in [-0.05, 0) is 83.8 Å². The molecular formula is C31H48O9. The molecule has 1 saturated carbocycles. The summed E-state index contributed by atoms with van der Waals surface area (Å²) in [6, 6.07) is 0. The maximum atomic E-state index is 12.6. The van der Waals surface area contributed by atoms with E-state index in [4.69, 9.17) is 14.2 Å². The second-order valence-electron chi connectivity index (χ2n) is 12.5. The molecule has 2 aliphatic rings. The lowest BCUT2D eigenvalue weighted by atomic mass is 9.67. The van der Waals surface area contributed by atoms with Crippen LogP contribution in [0.25, 0.3) is 0 Å². The minimum absolute atomic E-state index is 0.0269. The summed E-state index contributed by atoms with van der Waals surface area (Å²) in [4.78, 5) is 48.4. The molecule has 0 heterocycles. The molecule has 0 amide bonds. The first-order valence-electron chi connectivity index (χ1n) is 14.2. The van der Waals surface area contributed by atoms with Crippen LogP contribution < -0.4 is 0 Å². The van der Waals surface area contributed by atoms with Gasteiger partial charge >= 0.3 is 23.9 Å². The van der Waals surface area contributed by atoms with E-state index in [2.05, 4.69) is 24.7 Å². The summed E-state index contributed by atoms with van der Waals surface area (Å²) >= 11 is 0. The lowest BCUT2D eigenvalue weighted by Gasteiger charge is -2.43. The van der Waals surface area contributed by atoms with Crippen LogP contribution in [0.5, 0.6) is 0 Å². The fourth-order valence-corrected chi connectivity index (χ4v) is 6.40. The highest BCUT2D eigenvalue weighted by Crippen LogP contribution is 2.56. The molecule has 2 unspecified atom stereocenters. The van der Waals surface area contributed by atoms with Gasteiger partial charge in [0.05, 0.1) is 25.6 Å². The number of methoxy groups -OCH3 is 1. The third-order valence-electron chi connectivity index (χ3n) is 8.46. The highest BCUT2D eigenvalue weighted by Gasteiger charge is 2.55. The van der Waals surface area contributed by atoms with Gasteiger partial charge in [-0.15, -0.1) is 0 Å². The predicted octanol–water partition coefficient (Wildman–Crippen LogP) is 4.99. The Balaban J connectivity index is 2.38. The normalized spacial score (nSPS) is 29.7. The average Bonchev–Trinajstić information content (AvgIpc) is 3.15. The first-order valence-corrected chi connectivity index (χ1v) is 14.2. The molecule has 2 rings (SSSR count). The molecule has 0 spiro atoms. The Bertz CT molecular complexity index is 1010. The first-order chi connectivity index (χ1) is 18.5. The van der Waals surface area contributed by atoms with Crippen LogP contribution in [-0.4, -0.2) is 60.0 Å². The van der Waals surface area contributed by atoms with Gasteiger partial charge in [0.2, 0.25) is 0 Å². The number of carbonyl (C=O) groups is 4. The highest BCUT2D eigenvalue weighted by atomic mass is 16.6. The van der Waals surface area contributed by atoms with Crippen molar-refractivity contribution >= 4 is 23.9 Å². The lowest BCUT2D eigenvalue weighted by Crippen LogP contribution is -2.45. The number of esters is 4. The summed E-state index contributed by atoms with van der Waals surface area (Å²) in [5.74, 6) is -1.82. The van der Waals surface area contributed by atoms with Crippen LogP contribution in [0.1, 0.15) is 99.8 Å². The van der Waals surface area contributed by atoms with Crippen molar-refractivity contribution in [2.75, 3.05) is 13.7 Å². The number of hydrogen-bond acceptors (Lipinski definition) is 9. The van der Waals surface area contributed by atoms with E-state index in [1.807, 2.05) is 19.9 Å². The molecule has 9 nitrogen and oxygen atoms in total. The SMILES string of the molecule is COC(=O)CC(C)(O)CC(=O)OC/C1=C\[C@H](OC(C)=O)[C@@]2(C)CCC(C(C)(C)OC(C)=O)[C@@H]2CC/C(C)=C/CC1. The number of allylic oxidation sites excluding steroid dienone is 2. The van der Waals surface area contributed by atoms with Gasteiger partial charge in [0.1, 0.15) is 18.3 Å². The maximum absolute atomic E-state index is 12.6. The monoisotopic (exact) mass is 564 g/mol. The summed E-state index contributed by atoms with van der Waals surface area (Å²) < 4.78 is 21.9. The molecule has 226 valence electrons. The number of rotatable bonds is 9. The number of hydrogen-bond donors (Lipinski definition) is 1. The molecule has 0 aliphatic heterocycles. The van der Waals surface area contributed by atoms with Crippen molar-refractivity contribution in [3.8, 4) is 0 Å². The largest absolute Gasteiger partial charge is 0.469 e. The first kappa shape index (κ1) is 33.5. The van der Waals surface area contributed by atoms with Gasteiger partial charge in [0.15, 0.2) is 0 Å². The van der Waals surface area contributed by atoms with Crippen molar-refractivity contribution in [1.29, 1.82) is 0 Å². The van der Waals surface area contributed by atoms with E-state index in [1.165, 1.54) is 33.5 Å². The molecule has 1 N–H and O–H groups in total. The number of fused-ring (bicyclic) bond motifs is 1. The van der Waals surface area contributed by atoms with Crippen molar-refractivity contribution in [2.24, 2.45) is 17.3 Å². The Hall–Kier alpha value is -2.68. The zero-order chi connectivity index (χ0) is 30.3. The number of aliphatic hydroxyl groups is 1. The molecule has 9 heteroatoms. The van der Waals surface area contributed by atoms with Crippen LogP contribution in [0.4, 0.5) is 0 Å². The van der Waals surface area contributed by atoms with Gasteiger partial charge in [-0.1, -0.05) is 18.6 Å². The van der Waals surface area contributed by atoms with Gasteiger partial charge in [0.25, 0.3) is 0 Å². The van der Waals surface area contributed by atoms with E-state index in [-0.39, 0.29) is 37.3 Å². The van der Waals surface area contributed by atoms with E-state index < -0.39 is 40.6 Å². The van der Waals surface area contributed by atoms with Crippen LogP contribution in [0, 0.1) is 17.3 Å². The highest BCUT2D eigenvalue weighted by molar-refractivity contribution is 5.74. The smallest absolute Gasteiger partial charge is 0.309 e. The maximum Gasteiger partial charge on any atom is 0.309 e. The minimum atomic E-state index is -1.60. The summed E-state index contributed by atoms with van der Waals surface area (Å²) in [6.07, 6.45) is 7.49. The van der Waals surface area contributed by atoms with Crippen LogP contribution in [-0.2, 0) is 38.1 Å². The predicted molar refractivity (Wildman–Crippen MR) is 149 cm³/mol. The van der Waals surface area contributed by atoms with Crippen LogP contribution >= 0.6 is 0 Å². The summed E-state index contributed by atoms with van der Waals surface area (Å²) in [5.41, 5.74) is -0.657. The van der Waals surface area contributed by atoms with Crippen molar-refractivity contribution in [2.45, 2.75) is 117 Å². The Morgan fingerprint density at radius 2 is 1.68 bits per heavy atom. The summed E-state index contributed by atoms with van der Waals surface area (Å²) in [7, 11) is 1.22. The fourth-order valence-electron chi connectivity index (χ4n) is 6.40. The van der Waals surface area contributed by atoms with Crippen molar-refractivity contribution in [3.63, 3.8) is 0 Å². The van der Waals surface area contributed by atoms with E-state index >= 15 is 0 Å². The molecule has 0 aromatic rings. The molecule has 0 aromatic carbocycles. The third kappa shape index (κ3) is 9.46. The molecule has 0 radical (unpaired) electrons. The zero-order valence-corrected chi connectivity index (χ0v) is 25.5. The third-order valence-corrected chi connectivity index (χ3v) is 8.46. The second kappa shape index (κ2) is 13.8. The molecule has 5 atom stereocenters. The Kier molecular flexibility index (Phi) is 11.6. The van der Waals surface area contributed by atoms with E-state index in [0.717, 1.165) is 37.7 Å². The molecular weight excluding hydrogens is 516 g/mol. The van der Waals surface area contributed by atoms with E-state index in [9.17, 15) is 24.3 Å². The van der Waals surface area contributed by atoms with E-state index in [0.29, 0.717) is 6.42 Å². The Labute approximate surface area is 238 Å². The van der Waals surface area contributed by atoms with Gasteiger partial charge in [-0.2, -0.15) is 0 Å². The quantitative estimate of drug-likeness (QED) is 0.234. The van der Waals surface area contributed by atoms with Crippen molar-refractivity contribution < 1.29 is 43.2 Å². The van der Waals surface area contributed by atoms with Crippen molar-refractivity contribution in [1.82, 2.24) is 0 Å². The number of carbonyl (C=O) groups excluding carboxylic acids is 4.